The third kappa shape index (κ3) is 6.95. The van der Waals surface area contributed by atoms with Crippen molar-refractivity contribution in [1.82, 2.24) is 15.5 Å². The van der Waals surface area contributed by atoms with Crippen molar-refractivity contribution < 1.29 is 22.7 Å². The molecular weight excluding hydrogens is 275 g/mol. The lowest BCUT2D eigenvalue weighted by atomic mass is 10.1. The topological polar surface area (TPSA) is 53.6 Å². The molecule has 1 fully saturated rings. The normalized spacial score (nSPS) is 21.8. The minimum absolute atomic E-state index is 0.0702. The predicted molar refractivity (Wildman–Crippen MR) is 68.5 cm³/mol. The highest BCUT2D eigenvalue weighted by Crippen LogP contribution is 2.22. The summed E-state index contributed by atoms with van der Waals surface area (Å²) >= 11 is 0. The molecule has 0 aliphatic carbocycles. The van der Waals surface area contributed by atoms with Crippen LogP contribution in [0.1, 0.15) is 13.3 Å². The number of nitrogens with one attached hydrogen (secondary N) is 2. The molecule has 2 N–H and O–H groups in total. The molecule has 1 saturated heterocycles. The molecule has 5 nitrogen and oxygen atoms in total. The van der Waals surface area contributed by atoms with Gasteiger partial charge < -0.3 is 15.4 Å². The second-order valence-corrected chi connectivity index (χ2v) is 5.22. The van der Waals surface area contributed by atoms with Gasteiger partial charge in [0.2, 0.25) is 0 Å². The molecule has 0 spiro atoms. The third-order valence-electron chi connectivity index (χ3n) is 3.12. The number of urea groups is 1. The van der Waals surface area contributed by atoms with Crippen LogP contribution in [0.5, 0.6) is 0 Å². The van der Waals surface area contributed by atoms with E-state index in [4.69, 9.17) is 4.74 Å². The summed E-state index contributed by atoms with van der Waals surface area (Å²) in [6.07, 6.45) is -3.49. The van der Waals surface area contributed by atoms with Crippen LogP contribution in [-0.2, 0) is 4.74 Å². The Balaban J connectivity index is 2.19. The minimum atomic E-state index is -4.16. The summed E-state index contributed by atoms with van der Waals surface area (Å²) in [4.78, 5) is 12.9. The minimum Gasteiger partial charge on any atom is -0.383 e. The Hall–Kier alpha value is -1.02. The van der Waals surface area contributed by atoms with Crippen molar-refractivity contribution in [3.8, 4) is 0 Å². The van der Waals surface area contributed by atoms with Gasteiger partial charge in [-0.2, -0.15) is 13.2 Å². The zero-order chi connectivity index (χ0) is 15.2. The molecular formula is C12H22F3N3O2. The SMILES string of the molecule is COCC(C)NC(=O)NCC1CCN(CC(F)(F)F)C1. The molecule has 0 saturated carbocycles. The highest BCUT2D eigenvalue weighted by Gasteiger charge is 2.34. The molecule has 0 bridgehead atoms. The van der Waals surface area contributed by atoms with Crippen LogP contribution in [0.4, 0.5) is 18.0 Å². The summed E-state index contributed by atoms with van der Waals surface area (Å²) in [5, 5.41) is 5.37. The maximum Gasteiger partial charge on any atom is 0.401 e. The number of methoxy groups -OCH3 is 1. The summed E-state index contributed by atoms with van der Waals surface area (Å²) in [6, 6.07) is -0.422. The Morgan fingerprint density at radius 2 is 2.20 bits per heavy atom. The van der Waals surface area contributed by atoms with E-state index in [1.807, 2.05) is 6.92 Å². The fourth-order valence-corrected chi connectivity index (χ4v) is 2.28. The Kier molecular flexibility index (Phi) is 6.54. The smallest absolute Gasteiger partial charge is 0.383 e. The maximum absolute atomic E-state index is 12.2. The van der Waals surface area contributed by atoms with Crippen molar-refractivity contribution in [3.63, 3.8) is 0 Å². The van der Waals surface area contributed by atoms with E-state index in [0.29, 0.717) is 32.7 Å². The number of hydrogen-bond acceptors (Lipinski definition) is 3. The third-order valence-corrected chi connectivity index (χ3v) is 3.12. The number of ether oxygens (including phenoxy) is 1. The Morgan fingerprint density at radius 3 is 2.80 bits per heavy atom. The largest absolute Gasteiger partial charge is 0.401 e. The van der Waals surface area contributed by atoms with Crippen molar-refractivity contribution in [3.05, 3.63) is 0 Å². The number of hydrogen-bond donors (Lipinski definition) is 2. The zero-order valence-electron chi connectivity index (χ0n) is 11.8. The van der Waals surface area contributed by atoms with E-state index >= 15 is 0 Å². The van der Waals surface area contributed by atoms with Crippen molar-refractivity contribution in [1.29, 1.82) is 0 Å². The maximum atomic E-state index is 12.2. The van der Waals surface area contributed by atoms with E-state index in [1.54, 1.807) is 7.11 Å². The Labute approximate surface area is 116 Å². The highest BCUT2D eigenvalue weighted by molar-refractivity contribution is 5.74. The first-order valence-electron chi connectivity index (χ1n) is 6.62. The lowest BCUT2D eigenvalue weighted by molar-refractivity contribution is -0.143. The number of carbonyl (C=O) groups excluding carboxylic acids is 1. The number of rotatable bonds is 6. The molecule has 0 radical (unpaired) electrons. The van der Waals surface area contributed by atoms with E-state index in [0.717, 1.165) is 0 Å². The molecule has 1 rings (SSSR count). The monoisotopic (exact) mass is 297 g/mol. The van der Waals surface area contributed by atoms with Gasteiger partial charge in [0.25, 0.3) is 0 Å². The fraction of sp³-hybridized carbons (Fsp3) is 0.917. The molecule has 1 heterocycles. The summed E-state index contributed by atoms with van der Waals surface area (Å²) < 4.78 is 41.6. The molecule has 0 aromatic rings. The molecule has 2 amide bonds. The Morgan fingerprint density at radius 1 is 1.50 bits per heavy atom. The predicted octanol–water partition coefficient (Wildman–Crippen LogP) is 1.20. The van der Waals surface area contributed by atoms with Crippen LogP contribution in [0.3, 0.4) is 0 Å². The zero-order valence-corrected chi connectivity index (χ0v) is 11.8. The fourth-order valence-electron chi connectivity index (χ4n) is 2.28. The second-order valence-electron chi connectivity index (χ2n) is 5.22. The number of alkyl halides is 3. The molecule has 1 aliphatic rings. The number of amides is 2. The second kappa shape index (κ2) is 7.68. The average Bonchev–Trinajstić information content (AvgIpc) is 2.72. The van der Waals surface area contributed by atoms with Crippen LogP contribution in [0, 0.1) is 5.92 Å². The standard InChI is InChI=1S/C12H22F3N3O2/c1-9(7-20-2)17-11(19)16-5-10-3-4-18(6-10)8-12(13,14)15/h9-10H,3-8H2,1-2H3,(H2,16,17,19). The van der Waals surface area contributed by atoms with Crippen LogP contribution >= 0.6 is 0 Å². The van der Waals surface area contributed by atoms with E-state index in [9.17, 15) is 18.0 Å². The molecule has 8 heteroatoms. The first kappa shape index (κ1) is 17.0. The van der Waals surface area contributed by atoms with Gasteiger partial charge in [0.1, 0.15) is 0 Å². The van der Waals surface area contributed by atoms with Crippen LogP contribution in [0.2, 0.25) is 0 Å². The van der Waals surface area contributed by atoms with Crippen LogP contribution in [0.15, 0.2) is 0 Å². The number of likely N-dealkylation sites (tertiary alicyclic amines) is 1. The summed E-state index contributed by atoms with van der Waals surface area (Å²) in [6.45, 7) is 2.53. The number of carbonyl (C=O) groups is 1. The summed E-state index contributed by atoms with van der Waals surface area (Å²) in [5.41, 5.74) is 0. The summed E-state index contributed by atoms with van der Waals surface area (Å²) in [7, 11) is 1.55. The Bertz CT molecular complexity index is 313. The van der Waals surface area contributed by atoms with Gasteiger partial charge in [-0.3, -0.25) is 4.90 Å². The molecule has 1 aliphatic heterocycles. The quantitative estimate of drug-likeness (QED) is 0.775. The van der Waals surface area contributed by atoms with Crippen molar-refractivity contribution in [2.75, 3.05) is 39.9 Å². The molecule has 0 aromatic carbocycles. The summed E-state index contributed by atoms with van der Waals surface area (Å²) in [5.74, 6) is 0.0702. The van der Waals surface area contributed by atoms with Crippen molar-refractivity contribution >= 4 is 6.03 Å². The van der Waals surface area contributed by atoms with E-state index in [2.05, 4.69) is 10.6 Å². The van der Waals surface area contributed by atoms with E-state index in [1.165, 1.54) is 4.90 Å². The first-order valence-corrected chi connectivity index (χ1v) is 6.62. The molecule has 2 atom stereocenters. The van der Waals surface area contributed by atoms with Gasteiger partial charge in [-0.05, 0) is 25.8 Å². The van der Waals surface area contributed by atoms with Crippen LogP contribution in [0.25, 0.3) is 0 Å². The molecule has 20 heavy (non-hydrogen) atoms. The van der Waals surface area contributed by atoms with Crippen LogP contribution in [-0.4, -0.2) is 63.0 Å². The number of halogens is 3. The van der Waals surface area contributed by atoms with Gasteiger partial charge in [-0.1, -0.05) is 0 Å². The van der Waals surface area contributed by atoms with E-state index in [-0.39, 0.29) is 18.0 Å². The van der Waals surface area contributed by atoms with Gasteiger partial charge in [-0.15, -0.1) is 0 Å². The van der Waals surface area contributed by atoms with Gasteiger partial charge >= 0.3 is 12.2 Å². The van der Waals surface area contributed by atoms with Crippen LogP contribution < -0.4 is 10.6 Å². The highest BCUT2D eigenvalue weighted by atomic mass is 19.4. The lowest BCUT2D eigenvalue weighted by Gasteiger charge is -2.18. The van der Waals surface area contributed by atoms with Gasteiger partial charge in [0, 0.05) is 20.2 Å². The number of nitrogens with zero attached hydrogens (tertiary/aromatic N) is 1. The van der Waals surface area contributed by atoms with Gasteiger partial charge in [0.15, 0.2) is 0 Å². The van der Waals surface area contributed by atoms with Gasteiger partial charge in [0.05, 0.1) is 19.2 Å². The molecule has 2 unspecified atom stereocenters. The first-order chi connectivity index (χ1) is 9.30. The van der Waals surface area contributed by atoms with E-state index < -0.39 is 12.7 Å². The van der Waals surface area contributed by atoms with Crippen molar-refractivity contribution in [2.24, 2.45) is 5.92 Å². The molecule has 118 valence electrons. The molecule has 0 aromatic heterocycles. The average molecular weight is 297 g/mol. The van der Waals surface area contributed by atoms with Crippen molar-refractivity contribution in [2.45, 2.75) is 25.6 Å². The van der Waals surface area contributed by atoms with Gasteiger partial charge in [-0.25, -0.2) is 4.79 Å². The lowest BCUT2D eigenvalue weighted by Crippen LogP contribution is -2.44.